The van der Waals surface area contributed by atoms with E-state index in [1.807, 2.05) is 7.05 Å². The molecule has 0 spiro atoms. The zero-order valence-corrected chi connectivity index (χ0v) is 14.8. The summed E-state index contributed by atoms with van der Waals surface area (Å²) in [5.41, 5.74) is 0.225. The first kappa shape index (κ1) is 18.2. The third kappa shape index (κ3) is 6.66. The second-order valence-electron chi connectivity index (χ2n) is 6.94. The van der Waals surface area contributed by atoms with Crippen LogP contribution in [0.5, 0.6) is 0 Å². The summed E-state index contributed by atoms with van der Waals surface area (Å²) in [5, 5.41) is 3.54. The van der Waals surface area contributed by atoms with Crippen molar-refractivity contribution in [1.29, 1.82) is 0 Å². The number of nitrogens with one attached hydrogen (secondary N) is 1. The Morgan fingerprint density at radius 2 is 1.95 bits per heavy atom. The molecule has 0 aromatic rings. The van der Waals surface area contributed by atoms with Crippen LogP contribution in [0.2, 0.25) is 0 Å². The number of aliphatic imine (C=N–C) groups is 1. The Hall–Kier alpha value is -0.810. The van der Waals surface area contributed by atoms with Crippen LogP contribution in [0.3, 0.4) is 0 Å². The zero-order valence-electron chi connectivity index (χ0n) is 14.8. The van der Waals surface area contributed by atoms with Crippen LogP contribution in [0.25, 0.3) is 0 Å². The largest absolute Gasteiger partial charge is 0.378 e. The molecule has 1 saturated heterocycles. The van der Waals surface area contributed by atoms with Gasteiger partial charge in [0.1, 0.15) is 0 Å². The van der Waals surface area contributed by atoms with Gasteiger partial charge in [0.15, 0.2) is 5.96 Å². The Kier molecular flexibility index (Phi) is 7.46. The Balaban J connectivity index is 2.43. The van der Waals surface area contributed by atoms with Crippen LogP contribution in [0.4, 0.5) is 0 Å². The summed E-state index contributed by atoms with van der Waals surface area (Å²) in [4.78, 5) is 9.02. The maximum Gasteiger partial charge on any atom is 0.193 e. The average molecular weight is 298 g/mol. The lowest BCUT2D eigenvalue weighted by molar-refractivity contribution is 0.0262. The third-order valence-electron chi connectivity index (χ3n) is 3.83. The minimum atomic E-state index is 0.225. The van der Waals surface area contributed by atoms with Crippen molar-refractivity contribution in [3.8, 4) is 0 Å². The molecule has 0 atom stereocenters. The molecule has 5 nitrogen and oxygen atoms in total. The zero-order chi connectivity index (χ0) is 15.9. The molecular formula is C16H34N4O. The molecule has 0 aliphatic carbocycles. The Bertz CT molecular complexity index is 320. The molecule has 0 unspecified atom stereocenters. The van der Waals surface area contributed by atoms with Gasteiger partial charge in [0.25, 0.3) is 0 Å². The van der Waals surface area contributed by atoms with E-state index in [0.29, 0.717) is 6.10 Å². The molecule has 1 aliphatic heterocycles. The fraction of sp³-hybridized carbons (Fsp3) is 0.938. The fourth-order valence-corrected chi connectivity index (χ4v) is 3.03. The van der Waals surface area contributed by atoms with Crippen LogP contribution in [0.15, 0.2) is 4.99 Å². The van der Waals surface area contributed by atoms with Crippen LogP contribution in [0, 0.1) is 5.41 Å². The molecule has 1 N–H and O–H groups in total. The molecule has 0 saturated carbocycles. The van der Waals surface area contributed by atoms with Crippen LogP contribution >= 0.6 is 0 Å². The van der Waals surface area contributed by atoms with Gasteiger partial charge in [0.05, 0.1) is 6.10 Å². The van der Waals surface area contributed by atoms with Gasteiger partial charge in [0, 0.05) is 39.8 Å². The maximum atomic E-state index is 5.71. The molecule has 1 rings (SSSR count). The quantitative estimate of drug-likeness (QED) is 0.598. The molecule has 0 radical (unpaired) electrons. The van der Waals surface area contributed by atoms with Crippen molar-refractivity contribution in [1.82, 2.24) is 15.1 Å². The van der Waals surface area contributed by atoms with Crippen molar-refractivity contribution >= 4 is 5.96 Å². The minimum Gasteiger partial charge on any atom is -0.378 e. The van der Waals surface area contributed by atoms with Gasteiger partial charge in [-0.25, -0.2) is 0 Å². The van der Waals surface area contributed by atoms with Crippen molar-refractivity contribution in [2.24, 2.45) is 10.4 Å². The van der Waals surface area contributed by atoms with Crippen molar-refractivity contribution in [3.05, 3.63) is 0 Å². The Labute approximate surface area is 130 Å². The number of ether oxygens (including phenoxy) is 1. The SMILES string of the molecule is CCOC1CCN(C(=NC)NCC(C)(C)CN(C)C)CC1. The average Bonchev–Trinajstić information content (AvgIpc) is 2.40. The van der Waals surface area contributed by atoms with Crippen molar-refractivity contribution < 1.29 is 4.74 Å². The number of piperidine rings is 1. The topological polar surface area (TPSA) is 40.1 Å². The minimum absolute atomic E-state index is 0.225. The predicted octanol–water partition coefficient (Wildman–Crippen LogP) is 1.65. The van der Waals surface area contributed by atoms with E-state index in [1.165, 1.54) is 0 Å². The van der Waals surface area contributed by atoms with E-state index in [1.54, 1.807) is 0 Å². The smallest absolute Gasteiger partial charge is 0.193 e. The molecule has 124 valence electrons. The molecule has 21 heavy (non-hydrogen) atoms. The lowest BCUT2D eigenvalue weighted by atomic mass is 9.93. The van der Waals surface area contributed by atoms with Crippen LogP contribution in [-0.4, -0.2) is 75.8 Å². The van der Waals surface area contributed by atoms with Gasteiger partial charge in [0.2, 0.25) is 0 Å². The van der Waals surface area contributed by atoms with Gasteiger partial charge in [-0.2, -0.15) is 0 Å². The number of guanidine groups is 1. The second kappa shape index (κ2) is 8.59. The van der Waals surface area contributed by atoms with Gasteiger partial charge < -0.3 is 19.9 Å². The molecular weight excluding hydrogens is 264 g/mol. The highest BCUT2D eigenvalue weighted by Crippen LogP contribution is 2.16. The summed E-state index contributed by atoms with van der Waals surface area (Å²) in [6, 6.07) is 0. The first-order chi connectivity index (χ1) is 9.88. The van der Waals surface area contributed by atoms with E-state index < -0.39 is 0 Å². The Morgan fingerprint density at radius 1 is 1.33 bits per heavy atom. The van der Waals surface area contributed by atoms with Gasteiger partial charge >= 0.3 is 0 Å². The van der Waals surface area contributed by atoms with E-state index in [4.69, 9.17) is 4.74 Å². The molecule has 0 amide bonds. The molecule has 5 heteroatoms. The summed E-state index contributed by atoms with van der Waals surface area (Å²) in [6.45, 7) is 11.5. The molecule has 1 fully saturated rings. The van der Waals surface area contributed by atoms with Gasteiger partial charge in [-0.05, 0) is 39.3 Å². The normalized spacial score (nSPS) is 18.4. The van der Waals surface area contributed by atoms with Crippen LogP contribution < -0.4 is 5.32 Å². The fourth-order valence-electron chi connectivity index (χ4n) is 3.03. The third-order valence-corrected chi connectivity index (χ3v) is 3.83. The van der Waals surface area contributed by atoms with Gasteiger partial charge in [-0.15, -0.1) is 0 Å². The number of rotatable bonds is 6. The molecule has 1 heterocycles. The van der Waals surface area contributed by atoms with E-state index in [-0.39, 0.29) is 5.41 Å². The highest BCUT2D eigenvalue weighted by molar-refractivity contribution is 5.80. The summed E-state index contributed by atoms with van der Waals surface area (Å²) in [7, 11) is 6.11. The van der Waals surface area contributed by atoms with Crippen LogP contribution in [0.1, 0.15) is 33.6 Å². The van der Waals surface area contributed by atoms with E-state index in [9.17, 15) is 0 Å². The second-order valence-corrected chi connectivity index (χ2v) is 6.94. The maximum absolute atomic E-state index is 5.71. The number of nitrogens with zero attached hydrogens (tertiary/aromatic N) is 3. The summed E-state index contributed by atoms with van der Waals surface area (Å²) >= 11 is 0. The van der Waals surface area contributed by atoms with E-state index in [0.717, 1.165) is 51.6 Å². The predicted molar refractivity (Wildman–Crippen MR) is 89.9 cm³/mol. The van der Waals surface area contributed by atoms with Crippen molar-refractivity contribution in [3.63, 3.8) is 0 Å². The summed E-state index contributed by atoms with van der Waals surface area (Å²) in [6.07, 6.45) is 2.61. The summed E-state index contributed by atoms with van der Waals surface area (Å²) in [5.74, 6) is 1.02. The number of hydrogen-bond acceptors (Lipinski definition) is 3. The van der Waals surface area contributed by atoms with Crippen molar-refractivity contribution in [2.75, 3.05) is 53.9 Å². The lowest BCUT2D eigenvalue weighted by Crippen LogP contribution is -2.50. The number of likely N-dealkylation sites (tertiary alicyclic amines) is 1. The highest BCUT2D eigenvalue weighted by atomic mass is 16.5. The standard InChI is InChI=1S/C16H34N4O/c1-7-21-14-8-10-20(11-9-14)15(17-4)18-12-16(2,3)13-19(5)6/h14H,7-13H2,1-6H3,(H,17,18). The molecule has 0 aromatic heterocycles. The first-order valence-corrected chi connectivity index (χ1v) is 8.10. The van der Waals surface area contributed by atoms with E-state index in [2.05, 4.69) is 55.0 Å². The van der Waals surface area contributed by atoms with Crippen LogP contribution in [-0.2, 0) is 4.74 Å². The monoisotopic (exact) mass is 298 g/mol. The van der Waals surface area contributed by atoms with Gasteiger partial charge in [-0.1, -0.05) is 13.8 Å². The first-order valence-electron chi connectivity index (χ1n) is 8.10. The van der Waals surface area contributed by atoms with Crippen molar-refractivity contribution in [2.45, 2.75) is 39.7 Å². The lowest BCUT2D eigenvalue weighted by Gasteiger charge is -2.36. The van der Waals surface area contributed by atoms with E-state index >= 15 is 0 Å². The summed E-state index contributed by atoms with van der Waals surface area (Å²) < 4.78 is 5.71. The molecule has 1 aliphatic rings. The molecule has 0 aromatic carbocycles. The Morgan fingerprint density at radius 3 is 2.43 bits per heavy atom. The van der Waals surface area contributed by atoms with Gasteiger partial charge in [-0.3, -0.25) is 4.99 Å². The highest BCUT2D eigenvalue weighted by Gasteiger charge is 2.24. The number of hydrogen-bond donors (Lipinski definition) is 1. The molecule has 0 bridgehead atoms.